The lowest BCUT2D eigenvalue weighted by Crippen LogP contribution is -2.27. The monoisotopic (exact) mass is 298 g/mol. The van der Waals surface area contributed by atoms with E-state index < -0.39 is 10.0 Å². The number of carbonyl (C=O) groups excluding carboxylic acids is 1. The van der Waals surface area contributed by atoms with Crippen molar-refractivity contribution in [2.75, 3.05) is 19.8 Å². The molecule has 0 aliphatic carbocycles. The Bertz CT molecular complexity index is 552. The van der Waals surface area contributed by atoms with Gasteiger partial charge in [-0.3, -0.25) is 4.79 Å². The van der Waals surface area contributed by atoms with Crippen LogP contribution in [0, 0.1) is 0 Å². The van der Waals surface area contributed by atoms with Gasteiger partial charge in [0.05, 0.1) is 18.1 Å². The first-order valence-corrected chi connectivity index (χ1v) is 7.59. The van der Waals surface area contributed by atoms with E-state index in [9.17, 15) is 13.2 Å². The number of sulfonamides is 1. The fourth-order valence-corrected chi connectivity index (χ4v) is 1.92. The molecule has 0 aromatic heterocycles. The van der Waals surface area contributed by atoms with Crippen molar-refractivity contribution in [1.82, 2.24) is 5.32 Å². The Morgan fingerprint density at radius 1 is 1.30 bits per heavy atom. The van der Waals surface area contributed by atoms with Crippen molar-refractivity contribution in [3.63, 3.8) is 0 Å². The second kappa shape index (κ2) is 7.78. The lowest BCUT2D eigenvalue weighted by atomic mass is 10.2. The number of amides is 1. The largest absolute Gasteiger partial charge is 0.379 e. The topological polar surface area (TPSA) is 98.5 Å². The minimum Gasteiger partial charge on any atom is -0.379 e. The van der Waals surface area contributed by atoms with Crippen LogP contribution in [-0.2, 0) is 14.8 Å². The average molecular weight is 298 g/mol. The molecule has 0 fully saturated rings. The molecule has 1 aromatic carbocycles. The lowest BCUT2D eigenvalue weighted by molar-refractivity contribution is 0.0918. The zero-order valence-corrected chi connectivity index (χ0v) is 11.9. The molecule has 0 saturated heterocycles. The highest BCUT2D eigenvalue weighted by atomic mass is 32.2. The van der Waals surface area contributed by atoms with Gasteiger partial charge in [-0.2, -0.15) is 0 Å². The van der Waals surface area contributed by atoms with Gasteiger partial charge in [-0.1, -0.05) is 6.08 Å². The van der Waals surface area contributed by atoms with E-state index in [1.54, 1.807) is 6.08 Å². The van der Waals surface area contributed by atoms with Crippen molar-refractivity contribution < 1.29 is 17.9 Å². The standard InChI is InChI=1S/C13H18N2O4S/c1-2-3-9-19-10-8-15-13(16)11-4-6-12(7-5-11)20(14,17)18/h2,4-7H,1,3,8-10H2,(H,15,16)(H2,14,17,18). The highest BCUT2D eigenvalue weighted by Crippen LogP contribution is 2.08. The summed E-state index contributed by atoms with van der Waals surface area (Å²) in [6, 6.07) is 5.41. The van der Waals surface area contributed by atoms with Crippen molar-refractivity contribution in [1.29, 1.82) is 0 Å². The Kier molecular flexibility index (Phi) is 6.37. The maximum absolute atomic E-state index is 11.7. The van der Waals surface area contributed by atoms with E-state index in [1.165, 1.54) is 24.3 Å². The Balaban J connectivity index is 2.42. The number of hydrogen-bond donors (Lipinski definition) is 2. The zero-order chi connectivity index (χ0) is 15.0. The first-order valence-electron chi connectivity index (χ1n) is 6.05. The SMILES string of the molecule is C=CCCOCCNC(=O)c1ccc(S(N)(=O)=O)cc1. The summed E-state index contributed by atoms with van der Waals surface area (Å²) in [7, 11) is -3.73. The van der Waals surface area contributed by atoms with Crippen molar-refractivity contribution in [2.24, 2.45) is 5.14 Å². The molecular weight excluding hydrogens is 280 g/mol. The van der Waals surface area contributed by atoms with E-state index in [1.807, 2.05) is 0 Å². The molecular formula is C13H18N2O4S. The lowest BCUT2D eigenvalue weighted by Gasteiger charge is -2.06. The van der Waals surface area contributed by atoms with Crippen LogP contribution in [-0.4, -0.2) is 34.1 Å². The van der Waals surface area contributed by atoms with Crippen LogP contribution in [0.4, 0.5) is 0 Å². The number of benzene rings is 1. The number of primary sulfonamides is 1. The van der Waals surface area contributed by atoms with Crippen LogP contribution in [0.2, 0.25) is 0 Å². The summed E-state index contributed by atoms with van der Waals surface area (Å²) in [5.41, 5.74) is 0.364. The van der Waals surface area contributed by atoms with Gasteiger partial charge < -0.3 is 10.1 Å². The Morgan fingerprint density at radius 3 is 2.50 bits per heavy atom. The number of nitrogens with two attached hydrogens (primary N) is 1. The molecule has 20 heavy (non-hydrogen) atoms. The molecule has 3 N–H and O–H groups in total. The molecule has 0 radical (unpaired) electrons. The summed E-state index contributed by atoms with van der Waals surface area (Å²) in [6.45, 7) is 4.93. The molecule has 0 aliphatic heterocycles. The minimum atomic E-state index is -3.73. The minimum absolute atomic E-state index is 0.0261. The fraction of sp³-hybridized carbons (Fsp3) is 0.308. The van der Waals surface area contributed by atoms with E-state index in [2.05, 4.69) is 11.9 Å². The summed E-state index contributed by atoms with van der Waals surface area (Å²) >= 11 is 0. The van der Waals surface area contributed by atoms with E-state index in [0.717, 1.165) is 6.42 Å². The Morgan fingerprint density at radius 2 is 1.95 bits per heavy atom. The molecule has 6 nitrogen and oxygen atoms in total. The molecule has 0 unspecified atom stereocenters. The van der Waals surface area contributed by atoms with Crippen LogP contribution < -0.4 is 10.5 Å². The van der Waals surface area contributed by atoms with Crippen LogP contribution in [0.1, 0.15) is 16.8 Å². The van der Waals surface area contributed by atoms with Crippen molar-refractivity contribution >= 4 is 15.9 Å². The molecule has 1 aromatic rings. The van der Waals surface area contributed by atoms with Crippen LogP contribution >= 0.6 is 0 Å². The van der Waals surface area contributed by atoms with Crippen LogP contribution in [0.15, 0.2) is 41.8 Å². The van der Waals surface area contributed by atoms with Gasteiger partial charge in [-0.25, -0.2) is 13.6 Å². The summed E-state index contributed by atoms with van der Waals surface area (Å²) < 4.78 is 27.4. The molecule has 0 atom stereocenters. The third-order valence-electron chi connectivity index (χ3n) is 2.44. The highest BCUT2D eigenvalue weighted by molar-refractivity contribution is 7.89. The normalized spacial score (nSPS) is 11.1. The molecule has 1 rings (SSSR count). The second-order valence-corrected chi connectivity index (χ2v) is 5.58. The maximum atomic E-state index is 11.7. The maximum Gasteiger partial charge on any atom is 0.251 e. The number of ether oxygens (including phenoxy) is 1. The third kappa shape index (κ3) is 5.52. The molecule has 0 bridgehead atoms. The molecule has 0 aliphatic rings. The molecule has 0 saturated carbocycles. The summed E-state index contributed by atoms with van der Waals surface area (Å²) in [5.74, 6) is -0.293. The predicted octanol–water partition coefficient (Wildman–Crippen LogP) is 0.657. The first-order chi connectivity index (χ1) is 9.45. The van der Waals surface area contributed by atoms with Gasteiger partial charge in [-0.05, 0) is 30.7 Å². The van der Waals surface area contributed by atoms with Gasteiger partial charge in [0.2, 0.25) is 10.0 Å². The summed E-state index contributed by atoms with van der Waals surface area (Å²) in [6.07, 6.45) is 2.52. The fourth-order valence-electron chi connectivity index (χ4n) is 1.40. The summed E-state index contributed by atoms with van der Waals surface area (Å²) in [4.78, 5) is 11.7. The molecule has 0 spiro atoms. The number of rotatable bonds is 8. The Labute approximate surface area is 118 Å². The van der Waals surface area contributed by atoms with Crippen LogP contribution in [0.25, 0.3) is 0 Å². The van der Waals surface area contributed by atoms with Crippen molar-refractivity contribution in [2.45, 2.75) is 11.3 Å². The number of carbonyl (C=O) groups is 1. The molecule has 7 heteroatoms. The van der Waals surface area contributed by atoms with Crippen LogP contribution in [0.3, 0.4) is 0 Å². The highest BCUT2D eigenvalue weighted by Gasteiger charge is 2.09. The van der Waals surface area contributed by atoms with E-state index in [4.69, 9.17) is 9.88 Å². The average Bonchev–Trinajstić information content (AvgIpc) is 2.41. The predicted molar refractivity (Wildman–Crippen MR) is 75.8 cm³/mol. The summed E-state index contributed by atoms with van der Waals surface area (Å²) in [5, 5.41) is 7.63. The van der Waals surface area contributed by atoms with Gasteiger partial charge in [0.15, 0.2) is 0 Å². The Hall–Kier alpha value is -1.70. The quantitative estimate of drug-likeness (QED) is 0.544. The van der Waals surface area contributed by atoms with Gasteiger partial charge in [-0.15, -0.1) is 6.58 Å². The molecule has 1 amide bonds. The first kappa shape index (κ1) is 16.4. The van der Waals surface area contributed by atoms with Gasteiger partial charge in [0.1, 0.15) is 0 Å². The van der Waals surface area contributed by atoms with Crippen LogP contribution in [0.5, 0.6) is 0 Å². The van der Waals surface area contributed by atoms with Crippen molar-refractivity contribution in [3.05, 3.63) is 42.5 Å². The van der Waals surface area contributed by atoms with Gasteiger partial charge >= 0.3 is 0 Å². The second-order valence-electron chi connectivity index (χ2n) is 4.02. The van der Waals surface area contributed by atoms with E-state index >= 15 is 0 Å². The van der Waals surface area contributed by atoms with E-state index in [0.29, 0.717) is 25.3 Å². The third-order valence-corrected chi connectivity index (χ3v) is 3.37. The number of hydrogen-bond acceptors (Lipinski definition) is 4. The van der Waals surface area contributed by atoms with Gasteiger partial charge in [0.25, 0.3) is 5.91 Å². The molecule has 0 heterocycles. The van der Waals surface area contributed by atoms with Crippen molar-refractivity contribution in [3.8, 4) is 0 Å². The number of nitrogens with one attached hydrogen (secondary N) is 1. The molecule has 110 valence electrons. The van der Waals surface area contributed by atoms with E-state index in [-0.39, 0.29) is 10.8 Å². The smallest absolute Gasteiger partial charge is 0.251 e. The zero-order valence-electron chi connectivity index (χ0n) is 11.0. The van der Waals surface area contributed by atoms with Gasteiger partial charge in [0, 0.05) is 12.1 Å².